The molecule has 2 rings (SSSR count). The van der Waals surface area contributed by atoms with Gasteiger partial charge in [0.05, 0.1) is 0 Å². The molecule has 13 heavy (non-hydrogen) atoms. The zero-order valence-electron chi connectivity index (χ0n) is 6.70. The number of rotatable bonds is 1. The first-order valence-corrected chi connectivity index (χ1v) is 3.74. The van der Waals surface area contributed by atoms with Crippen LogP contribution in [0.15, 0.2) is 34.9 Å². The Balaban J connectivity index is 2.41. The lowest BCUT2D eigenvalue weighted by Crippen LogP contribution is -1.78. The molecule has 0 saturated carbocycles. The molecule has 0 radical (unpaired) electrons. The van der Waals surface area contributed by atoms with Crippen LogP contribution in [0.5, 0.6) is 0 Å². The summed E-state index contributed by atoms with van der Waals surface area (Å²) in [7, 11) is 0. The van der Waals surface area contributed by atoms with Gasteiger partial charge >= 0.3 is 0 Å². The van der Waals surface area contributed by atoms with Gasteiger partial charge in [-0.3, -0.25) is 0 Å². The Bertz CT molecular complexity index is 408. The molecule has 0 spiro atoms. The summed E-state index contributed by atoms with van der Waals surface area (Å²) in [5.74, 6) is -0.0282. The highest BCUT2D eigenvalue weighted by Crippen LogP contribution is 2.19. The van der Waals surface area contributed by atoms with E-state index in [-0.39, 0.29) is 11.7 Å². The zero-order valence-corrected chi connectivity index (χ0v) is 6.70. The number of nitrogens with two attached hydrogens (primary N) is 1. The van der Waals surface area contributed by atoms with Crippen molar-refractivity contribution in [1.29, 1.82) is 0 Å². The summed E-state index contributed by atoms with van der Waals surface area (Å²) in [4.78, 5) is 0. The third-order valence-electron chi connectivity index (χ3n) is 1.67. The van der Waals surface area contributed by atoms with Crippen LogP contribution in [0.1, 0.15) is 0 Å². The highest BCUT2D eigenvalue weighted by molar-refractivity contribution is 5.60. The first kappa shape index (κ1) is 7.79. The minimum atomic E-state index is -0.278. The highest BCUT2D eigenvalue weighted by atomic mass is 19.1. The number of nitrogens with zero attached hydrogens (tertiary/aromatic N) is 1. The fraction of sp³-hybridized carbons (Fsp3) is 0. The van der Waals surface area contributed by atoms with E-state index in [9.17, 15) is 4.39 Å². The lowest BCUT2D eigenvalue weighted by atomic mass is 10.1. The van der Waals surface area contributed by atoms with Crippen LogP contribution in [-0.2, 0) is 0 Å². The normalized spacial score (nSPS) is 10.2. The fourth-order valence-corrected chi connectivity index (χ4v) is 1.05. The van der Waals surface area contributed by atoms with Crippen LogP contribution in [0.25, 0.3) is 11.3 Å². The van der Waals surface area contributed by atoms with Crippen molar-refractivity contribution in [2.45, 2.75) is 0 Å². The van der Waals surface area contributed by atoms with Gasteiger partial charge in [0.25, 0.3) is 0 Å². The molecule has 66 valence electrons. The minimum Gasteiger partial charge on any atom is -0.368 e. The molecule has 0 atom stereocenters. The van der Waals surface area contributed by atoms with Gasteiger partial charge in [-0.1, -0.05) is 5.16 Å². The van der Waals surface area contributed by atoms with Crippen molar-refractivity contribution in [2.24, 2.45) is 0 Å². The van der Waals surface area contributed by atoms with Crippen molar-refractivity contribution >= 4 is 5.88 Å². The van der Waals surface area contributed by atoms with E-state index in [0.717, 1.165) is 5.56 Å². The van der Waals surface area contributed by atoms with E-state index in [1.807, 2.05) is 0 Å². The maximum Gasteiger partial charge on any atom is 0.222 e. The molecule has 0 amide bonds. The quantitative estimate of drug-likeness (QED) is 0.727. The smallest absolute Gasteiger partial charge is 0.222 e. The van der Waals surface area contributed by atoms with Crippen LogP contribution in [0, 0.1) is 5.82 Å². The van der Waals surface area contributed by atoms with Crippen LogP contribution in [0.3, 0.4) is 0 Å². The Morgan fingerprint density at radius 3 is 2.46 bits per heavy atom. The van der Waals surface area contributed by atoms with Crippen LogP contribution in [-0.4, -0.2) is 5.16 Å². The van der Waals surface area contributed by atoms with Crippen molar-refractivity contribution in [3.05, 3.63) is 36.1 Å². The van der Waals surface area contributed by atoms with Gasteiger partial charge in [0.15, 0.2) is 0 Å². The zero-order chi connectivity index (χ0) is 9.26. The molecule has 1 aromatic heterocycles. The van der Waals surface area contributed by atoms with E-state index in [0.29, 0.717) is 5.69 Å². The molecule has 0 bridgehead atoms. The molecule has 0 unspecified atom stereocenters. The van der Waals surface area contributed by atoms with Crippen LogP contribution in [0.4, 0.5) is 10.3 Å². The summed E-state index contributed by atoms with van der Waals surface area (Å²) in [6.45, 7) is 0. The molecule has 1 aromatic carbocycles. The third-order valence-corrected chi connectivity index (χ3v) is 1.67. The lowest BCUT2D eigenvalue weighted by Gasteiger charge is -1.92. The Morgan fingerprint density at radius 1 is 1.23 bits per heavy atom. The van der Waals surface area contributed by atoms with Crippen LogP contribution >= 0.6 is 0 Å². The molecular weight excluding hydrogens is 171 g/mol. The first-order chi connectivity index (χ1) is 6.25. The molecule has 0 fully saturated rings. The first-order valence-electron chi connectivity index (χ1n) is 3.74. The van der Waals surface area contributed by atoms with Gasteiger partial charge in [-0.25, -0.2) is 4.39 Å². The van der Waals surface area contributed by atoms with Gasteiger partial charge in [0.1, 0.15) is 11.5 Å². The maximum absolute atomic E-state index is 12.5. The molecule has 2 N–H and O–H groups in total. The lowest BCUT2D eigenvalue weighted by molar-refractivity contribution is 0.439. The predicted molar refractivity (Wildman–Crippen MR) is 46.3 cm³/mol. The molecule has 4 heteroatoms. The topological polar surface area (TPSA) is 52.0 Å². The summed E-state index contributed by atoms with van der Waals surface area (Å²) >= 11 is 0. The van der Waals surface area contributed by atoms with Gasteiger partial charge in [-0.05, 0) is 24.3 Å². The second-order valence-corrected chi connectivity index (χ2v) is 2.62. The number of benzene rings is 1. The second-order valence-electron chi connectivity index (χ2n) is 2.62. The van der Waals surface area contributed by atoms with Crippen molar-refractivity contribution in [1.82, 2.24) is 5.16 Å². The molecule has 0 aliphatic rings. The highest BCUT2D eigenvalue weighted by Gasteiger charge is 2.03. The van der Waals surface area contributed by atoms with Gasteiger partial charge in [-0.2, -0.15) is 0 Å². The standard InChI is InChI=1S/C9H7FN2O/c10-7-3-1-6(2-4-7)8-5-9(11)13-12-8/h1-5H,11H2. The molecule has 0 saturated heterocycles. The van der Waals surface area contributed by atoms with Crippen molar-refractivity contribution in [3.8, 4) is 11.3 Å². The Hall–Kier alpha value is -1.84. The predicted octanol–water partition coefficient (Wildman–Crippen LogP) is 2.06. The van der Waals surface area contributed by atoms with Crippen molar-refractivity contribution in [3.63, 3.8) is 0 Å². The van der Waals surface area contributed by atoms with E-state index in [1.165, 1.54) is 12.1 Å². The average Bonchev–Trinajstić information content (AvgIpc) is 2.53. The molecule has 1 heterocycles. The maximum atomic E-state index is 12.5. The third kappa shape index (κ3) is 1.51. The largest absolute Gasteiger partial charge is 0.368 e. The molecule has 3 nitrogen and oxygen atoms in total. The van der Waals surface area contributed by atoms with Crippen LogP contribution in [0.2, 0.25) is 0 Å². The Morgan fingerprint density at radius 2 is 1.92 bits per heavy atom. The number of anilines is 1. The molecule has 0 aliphatic carbocycles. The van der Waals surface area contributed by atoms with Crippen molar-refractivity contribution in [2.75, 3.05) is 5.73 Å². The number of halogens is 1. The van der Waals surface area contributed by atoms with Gasteiger partial charge < -0.3 is 10.3 Å². The Labute approximate surface area is 74.0 Å². The Kier molecular flexibility index (Phi) is 1.73. The van der Waals surface area contributed by atoms with E-state index in [4.69, 9.17) is 5.73 Å². The number of nitrogen functional groups attached to an aromatic ring is 1. The summed E-state index contributed by atoms with van der Waals surface area (Å²) < 4.78 is 17.2. The van der Waals surface area contributed by atoms with Crippen LogP contribution < -0.4 is 5.73 Å². The SMILES string of the molecule is Nc1cc(-c2ccc(F)cc2)no1. The second kappa shape index (κ2) is 2.90. The monoisotopic (exact) mass is 178 g/mol. The average molecular weight is 178 g/mol. The number of aromatic nitrogens is 1. The van der Waals surface area contributed by atoms with E-state index >= 15 is 0 Å². The van der Waals surface area contributed by atoms with Gasteiger partial charge in [0.2, 0.25) is 5.88 Å². The summed E-state index contributed by atoms with van der Waals surface area (Å²) in [5.41, 5.74) is 6.73. The number of hydrogen-bond donors (Lipinski definition) is 1. The van der Waals surface area contributed by atoms with Gasteiger partial charge in [-0.15, -0.1) is 0 Å². The molecular formula is C9H7FN2O. The minimum absolute atomic E-state index is 0.249. The summed E-state index contributed by atoms with van der Waals surface area (Å²) in [6, 6.07) is 7.55. The van der Waals surface area contributed by atoms with Gasteiger partial charge in [0, 0.05) is 11.6 Å². The summed E-state index contributed by atoms with van der Waals surface area (Å²) in [5, 5.41) is 3.69. The fourth-order valence-electron chi connectivity index (χ4n) is 1.05. The van der Waals surface area contributed by atoms with E-state index < -0.39 is 0 Å². The molecule has 2 aromatic rings. The van der Waals surface area contributed by atoms with E-state index in [2.05, 4.69) is 9.68 Å². The summed E-state index contributed by atoms with van der Waals surface area (Å²) in [6.07, 6.45) is 0. The van der Waals surface area contributed by atoms with Crippen molar-refractivity contribution < 1.29 is 8.91 Å². The van der Waals surface area contributed by atoms with E-state index in [1.54, 1.807) is 18.2 Å². The molecule has 0 aliphatic heterocycles. The number of hydrogen-bond acceptors (Lipinski definition) is 3.